The molecule has 1 amide bonds. The van der Waals surface area contributed by atoms with Crippen molar-refractivity contribution in [2.24, 2.45) is 0 Å². The second-order valence-electron chi connectivity index (χ2n) is 7.91. The van der Waals surface area contributed by atoms with Crippen molar-refractivity contribution in [1.29, 1.82) is 0 Å². The molecule has 0 spiro atoms. The number of non-ortho nitro benzene ring substituents is 1. The van der Waals surface area contributed by atoms with Crippen LogP contribution in [0, 0.1) is 10.1 Å². The normalized spacial score (nSPS) is 11.2. The molecule has 0 saturated carbocycles. The van der Waals surface area contributed by atoms with Crippen LogP contribution in [-0.2, 0) is 16.8 Å². The number of benzene rings is 2. The molecule has 0 saturated heterocycles. The van der Waals surface area contributed by atoms with Gasteiger partial charge in [-0.15, -0.1) is 0 Å². The fourth-order valence-corrected chi connectivity index (χ4v) is 2.84. The quantitative estimate of drug-likeness (QED) is 0.468. The van der Waals surface area contributed by atoms with Gasteiger partial charge in [0.2, 0.25) is 0 Å². The number of amides is 1. The Morgan fingerprint density at radius 3 is 2.37 bits per heavy atom. The molecule has 3 rings (SSSR count). The first-order valence-corrected chi connectivity index (χ1v) is 9.51. The molecule has 0 unspecified atom stereocenters. The lowest BCUT2D eigenvalue weighted by Crippen LogP contribution is -2.22. The fraction of sp³-hybridized carbons (Fsp3) is 0.273. The molecule has 156 valence electrons. The molecule has 0 fully saturated rings. The highest BCUT2D eigenvalue weighted by atomic mass is 16.6. The number of nitro benzene ring substituents is 1. The lowest BCUT2D eigenvalue weighted by atomic mass is 9.87. The van der Waals surface area contributed by atoms with Gasteiger partial charge in [0.1, 0.15) is 11.6 Å². The maximum absolute atomic E-state index is 12.2. The van der Waals surface area contributed by atoms with Gasteiger partial charge in [-0.1, -0.05) is 45.0 Å². The predicted molar refractivity (Wildman–Crippen MR) is 114 cm³/mol. The minimum Gasteiger partial charge on any atom is -0.484 e. The van der Waals surface area contributed by atoms with Gasteiger partial charge in [0, 0.05) is 18.2 Å². The Morgan fingerprint density at radius 1 is 1.10 bits per heavy atom. The number of ether oxygens (including phenoxy) is 1. The largest absolute Gasteiger partial charge is 0.484 e. The van der Waals surface area contributed by atoms with Gasteiger partial charge in [-0.25, -0.2) is 4.68 Å². The van der Waals surface area contributed by atoms with Gasteiger partial charge < -0.3 is 10.1 Å². The Hall–Kier alpha value is -3.68. The Labute approximate surface area is 174 Å². The lowest BCUT2D eigenvalue weighted by molar-refractivity contribution is -0.384. The van der Waals surface area contributed by atoms with E-state index in [1.54, 1.807) is 16.9 Å². The highest BCUT2D eigenvalue weighted by molar-refractivity contribution is 5.91. The number of nitrogens with one attached hydrogen (secondary N) is 1. The molecule has 1 aromatic heterocycles. The van der Waals surface area contributed by atoms with E-state index in [0.29, 0.717) is 18.1 Å². The number of carbonyl (C=O) groups excluding carboxylic acids is 1. The van der Waals surface area contributed by atoms with Crippen LogP contribution in [-0.4, -0.2) is 27.2 Å². The highest BCUT2D eigenvalue weighted by Gasteiger charge is 2.14. The van der Waals surface area contributed by atoms with Gasteiger partial charge in [-0.2, -0.15) is 5.10 Å². The van der Waals surface area contributed by atoms with Crippen molar-refractivity contribution < 1.29 is 14.5 Å². The second-order valence-corrected chi connectivity index (χ2v) is 7.91. The van der Waals surface area contributed by atoms with Crippen molar-refractivity contribution in [3.8, 4) is 5.75 Å². The van der Waals surface area contributed by atoms with Crippen LogP contribution in [0.3, 0.4) is 0 Å². The van der Waals surface area contributed by atoms with Crippen LogP contribution in [0.25, 0.3) is 0 Å². The Morgan fingerprint density at radius 2 is 1.77 bits per heavy atom. The van der Waals surface area contributed by atoms with Crippen LogP contribution in [0.4, 0.5) is 11.5 Å². The number of anilines is 1. The van der Waals surface area contributed by atoms with E-state index in [1.165, 1.54) is 29.8 Å². The number of aromatic nitrogens is 2. The third-order valence-corrected chi connectivity index (χ3v) is 4.55. The summed E-state index contributed by atoms with van der Waals surface area (Å²) in [4.78, 5) is 22.4. The minimum atomic E-state index is -0.492. The van der Waals surface area contributed by atoms with Crippen LogP contribution in [0.15, 0.2) is 60.8 Å². The zero-order chi connectivity index (χ0) is 21.7. The zero-order valence-corrected chi connectivity index (χ0v) is 17.2. The first-order chi connectivity index (χ1) is 14.2. The van der Waals surface area contributed by atoms with Crippen molar-refractivity contribution in [2.45, 2.75) is 32.7 Å². The van der Waals surface area contributed by atoms with Crippen molar-refractivity contribution in [3.63, 3.8) is 0 Å². The van der Waals surface area contributed by atoms with Gasteiger partial charge in [0.15, 0.2) is 6.61 Å². The summed E-state index contributed by atoms with van der Waals surface area (Å²) in [7, 11) is 0. The Balaban J connectivity index is 1.57. The van der Waals surface area contributed by atoms with E-state index in [0.717, 1.165) is 5.56 Å². The van der Waals surface area contributed by atoms with E-state index < -0.39 is 4.92 Å². The Kier molecular flexibility index (Phi) is 6.15. The monoisotopic (exact) mass is 408 g/mol. The highest BCUT2D eigenvalue weighted by Crippen LogP contribution is 2.23. The number of hydrogen-bond acceptors (Lipinski definition) is 5. The van der Waals surface area contributed by atoms with Gasteiger partial charge in [0.25, 0.3) is 11.6 Å². The van der Waals surface area contributed by atoms with Crippen LogP contribution < -0.4 is 10.1 Å². The maximum atomic E-state index is 12.2. The predicted octanol–water partition coefficient (Wildman–Crippen LogP) is 4.15. The average Bonchev–Trinajstić information content (AvgIpc) is 3.13. The van der Waals surface area contributed by atoms with E-state index in [1.807, 2.05) is 0 Å². The van der Waals surface area contributed by atoms with E-state index in [-0.39, 0.29) is 23.6 Å². The van der Waals surface area contributed by atoms with Crippen LogP contribution in [0.2, 0.25) is 0 Å². The summed E-state index contributed by atoms with van der Waals surface area (Å²) < 4.78 is 7.09. The number of rotatable bonds is 7. The molecule has 0 radical (unpaired) electrons. The SMILES string of the molecule is CC(C)(C)c1ccc(Cn2nccc2NC(=O)COc2ccc([N+](=O)[O-])cc2)cc1. The lowest BCUT2D eigenvalue weighted by Gasteiger charge is -2.19. The molecule has 0 atom stereocenters. The molecule has 2 aromatic carbocycles. The van der Waals surface area contributed by atoms with Gasteiger partial charge in [-0.05, 0) is 28.7 Å². The van der Waals surface area contributed by atoms with E-state index in [2.05, 4.69) is 55.5 Å². The minimum absolute atomic E-state index is 0.0359. The second kappa shape index (κ2) is 8.77. The van der Waals surface area contributed by atoms with Crippen molar-refractivity contribution >= 4 is 17.4 Å². The summed E-state index contributed by atoms with van der Waals surface area (Å²) in [6.07, 6.45) is 1.62. The molecule has 0 aliphatic carbocycles. The molecule has 0 aliphatic heterocycles. The molecular weight excluding hydrogens is 384 g/mol. The number of nitrogens with zero attached hydrogens (tertiary/aromatic N) is 3. The van der Waals surface area contributed by atoms with Crippen LogP contribution in [0.1, 0.15) is 31.9 Å². The molecule has 1 heterocycles. The number of hydrogen-bond donors (Lipinski definition) is 1. The molecule has 1 N–H and O–H groups in total. The van der Waals surface area contributed by atoms with E-state index in [9.17, 15) is 14.9 Å². The average molecular weight is 408 g/mol. The summed E-state index contributed by atoms with van der Waals surface area (Å²) in [6, 6.07) is 15.6. The summed E-state index contributed by atoms with van der Waals surface area (Å²) in [6.45, 7) is 6.81. The molecule has 8 nitrogen and oxygen atoms in total. The molecule has 0 aliphatic rings. The van der Waals surface area contributed by atoms with Gasteiger partial charge in [-0.3, -0.25) is 14.9 Å². The molecule has 0 bridgehead atoms. The third-order valence-electron chi connectivity index (χ3n) is 4.55. The smallest absolute Gasteiger partial charge is 0.269 e. The van der Waals surface area contributed by atoms with Crippen molar-refractivity contribution in [2.75, 3.05) is 11.9 Å². The zero-order valence-electron chi connectivity index (χ0n) is 17.2. The van der Waals surface area contributed by atoms with Gasteiger partial charge in [0.05, 0.1) is 17.7 Å². The first-order valence-electron chi connectivity index (χ1n) is 9.51. The third kappa shape index (κ3) is 5.44. The molecule has 3 aromatic rings. The standard InChI is InChI=1S/C22H24N4O4/c1-22(2,3)17-6-4-16(5-7-17)14-25-20(12-13-23-25)24-21(27)15-30-19-10-8-18(9-11-19)26(28)29/h4-13H,14-15H2,1-3H3,(H,24,27). The van der Waals surface area contributed by atoms with Crippen LogP contribution in [0.5, 0.6) is 5.75 Å². The van der Waals surface area contributed by atoms with E-state index in [4.69, 9.17) is 4.74 Å². The van der Waals surface area contributed by atoms with Crippen molar-refractivity contribution in [3.05, 3.63) is 82.0 Å². The van der Waals surface area contributed by atoms with Crippen LogP contribution >= 0.6 is 0 Å². The topological polar surface area (TPSA) is 99.3 Å². The maximum Gasteiger partial charge on any atom is 0.269 e. The fourth-order valence-electron chi connectivity index (χ4n) is 2.84. The Bertz CT molecular complexity index is 1020. The number of nitro groups is 1. The summed E-state index contributed by atoms with van der Waals surface area (Å²) >= 11 is 0. The first kappa shape index (κ1) is 21.0. The number of carbonyl (C=O) groups is 1. The molecule has 8 heteroatoms. The summed E-state index contributed by atoms with van der Waals surface area (Å²) in [5.41, 5.74) is 2.38. The molecular formula is C22H24N4O4. The van der Waals surface area contributed by atoms with Gasteiger partial charge >= 0.3 is 0 Å². The van der Waals surface area contributed by atoms with Crippen molar-refractivity contribution in [1.82, 2.24) is 9.78 Å². The summed E-state index contributed by atoms with van der Waals surface area (Å²) in [5.74, 6) is 0.591. The molecule has 30 heavy (non-hydrogen) atoms. The van der Waals surface area contributed by atoms with E-state index >= 15 is 0 Å². The summed E-state index contributed by atoms with van der Waals surface area (Å²) in [5, 5.41) is 17.7.